The van der Waals surface area contributed by atoms with Gasteiger partial charge in [-0.1, -0.05) is 27.7 Å². The Morgan fingerprint density at radius 1 is 1.26 bits per heavy atom. The van der Waals surface area contributed by atoms with Crippen molar-refractivity contribution in [2.24, 2.45) is 0 Å². The number of ether oxygens (including phenoxy) is 1. The first-order chi connectivity index (χ1) is 14.9. The molecule has 1 amide bonds. The molecular weight excluding hydrogens is 508 g/mol. The number of amides is 1. The van der Waals surface area contributed by atoms with Crippen LogP contribution in [0.3, 0.4) is 0 Å². The van der Waals surface area contributed by atoms with E-state index in [1.807, 2.05) is 0 Å². The second-order valence-electron chi connectivity index (χ2n) is 6.77. The van der Waals surface area contributed by atoms with Gasteiger partial charge in [-0.2, -0.15) is 4.98 Å². The van der Waals surface area contributed by atoms with Gasteiger partial charge in [0.2, 0.25) is 25.9 Å². The molecular formula is C20H19BrN2O6S2. The molecule has 0 saturated carbocycles. The molecule has 4 rings (SSSR count). The van der Waals surface area contributed by atoms with Gasteiger partial charge in [0.05, 0.1) is 23.0 Å². The van der Waals surface area contributed by atoms with Crippen LogP contribution in [-0.2, 0) is 19.4 Å². The van der Waals surface area contributed by atoms with E-state index in [1.165, 1.54) is 18.4 Å². The van der Waals surface area contributed by atoms with Gasteiger partial charge in [-0.05, 0) is 49.2 Å². The predicted molar refractivity (Wildman–Crippen MR) is 117 cm³/mol. The quantitative estimate of drug-likeness (QED) is 0.439. The third-order valence-electron chi connectivity index (χ3n) is 4.56. The van der Waals surface area contributed by atoms with Crippen LogP contribution in [0.2, 0.25) is 0 Å². The van der Waals surface area contributed by atoms with Crippen molar-refractivity contribution in [1.82, 2.24) is 10.3 Å². The van der Waals surface area contributed by atoms with E-state index < -0.39 is 9.84 Å². The topological polar surface area (TPSA) is 112 Å². The molecule has 1 aromatic carbocycles. The van der Waals surface area contributed by atoms with Crippen LogP contribution in [0.15, 0.2) is 71.0 Å². The van der Waals surface area contributed by atoms with Crippen molar-refractivity contribution in [1.29, 1.82) is 0 Å². The van der Waals surface area contributed by atoms with Gasteiger partial charge in [0.1, 0.15) is 0 Å². The number of oxazole rings is 1. The molecule has 1 aliphatic rings. The summed E-state index contributed by atoms with van der Waals surface area (Å²) in [6.07, 6.45) is 3.36. The average Bonchev–Trinajstić information content (AvgIpc) is 3.52. The van der Waals surface area contributed by atoms with E-state index >= 15 is 0 Å². The third-order valence-corrected chi connectivity index (χ3v) is 7.84. The van der Waals surface area contributed by atoms with Crippen LogP contribution in [0.1, 0.15) is 12.8 Å². The van der Waals surface area contributed by atoms with Crippen LogP contribution in [0.5, 0.6) is 0 Å². The van der Waals surface area contributed by atoms with E-state index in [0.29, 0.717) is 18.9 Å². The summed E-state index contributed by atoms with van der Waals surface area (Å²) in [4.78, 5) is 16.5. The molecule has 0 spiro atoms. The van der Waals surface area contributed by atoms with E-state index in [0.717, 1.165) is 29.1 Å². The first kappa shape index (κ1) is 22.1. The van der Waals surface area contributed by atoms with Crippen molar-refractivity contribution < 1.29 is 26.8 Å². The number of hydrogen-bond donors (Lipinski definition) is 1. The highest BCUT2D eigenvalue weighted by molar-refractivity contribution is 9.10. The number of rotatable bonds is 8. The standard InChI is InChI=1S/C20H19BrN2O6S2/c21-13-5-7-15(8-6-13)31(25,26)19-20(29-18(23-19)16-4-2-10-28-16)30-12-17(24)22-11-14-3-1-9-27-14/h2,4-8,10,14H,1,3,9,11-12H2,(H,22,24)/t14-/m1/s1. The van der Waals surface area contributed by atoms with Gasteiger partial charge in [-0.3, -0.25) is 4.79 Å². The Morgan fingerprint density at radius 3 is 2.74 bits per heavy atom. The molecule has 8 nitrogen and oxygen atoms in total. The van der Waals surface area contributed by atoms with Crippen LogP contribution in [-0.4, -0.2) is 44.3 Å². The molecule has 0 aliphatic carbocycles. The lowest BCUT2D eigenvalue weighted by Gasteiger charge is -2.10. The number of nitrogens with one attached hydrogen (secondary N) is 1. The number of thioether (sulfide) groups is 1. The van der Waals surface area contributed by atoms with Crippen molar-refractivity contribution in [3.8, 4) is 11.7 Å². The molecule has 2 aromatic heterocycles. The number of benzene rings is 1. The minimum Gasteiger partial charge on any atom is -0.459 e. The molecule has 1 aliphatic heterocycles. The molecule has 0 unspecified atom stereocenters. The number of halogens is 1. The van der Waals surface area contributed by atoms with Gasteiger partial charge in [-0.25, -0.2) is 8.42 Å². The SMILES string of the molecule is O=C(CSc1oc(-c2ccco2)nc1S(=O)(=O)c1ccc(Br)cc1)NC[C@H]1CCCO1. The average molecular weight is 527 g/mol. The molecule has 3 heterocycles. The Labute approximate surface area is 191 Å². The lowest BCUT2D eigenvalue weighted by Crippen LogP contribution is -2.32. The number of hydrogen-bond acceptors (Lipinski definition) is 8. The van der Waals surface area contributed by atoms with Gasteiger partial charge in [-0.15, -0.1) is 0 Å². The predicted octanol–water partition coefficient (Wildman–Crippen LogP) is 3.92. The summed E-state index contributed by atoms with van der Waals surface area (Å²) in [5.74, 6) is 0.0517. The highest BCUT2D eigenvalue weighted by Gasteiger charge is 2.30. The zero-order chi connectivity index (χ0) is 21.8. The van der Waals surface area contributed by atoms with Crippen molar-refractivity contribution in [3.63, 3.8) is 0 Å². The van der Waals surface area contributed by atoms with E-state index in [1.54, 1.807) is 24.3 Å². The Morgan fingerprint density at radius 2 is 2.06 bits per heavy atom. The highest BCUT2D eigenvalue weighted by Crippen LogP contribution is 2.35. The Kier molecular flexibility index (Phi) is 6.85. The molecule has 1 saturated heterocycles. The second-order valence-corrected chi connectivity index (χ2v) is 10.5. The van der Waals surface area contributed by atoms with E-state index in [4.69, 9.17) is 13.6 Å². The Bertz CT molecular complexity index is 1140. The maximum atomic E-state index is 13.2. The molecule has 31 heavy (non-hydrogen) atoms. The number of carbonyl (C=O) groups is 1. The summed E-state index contributed by atoms with van der Waals surface area (Å²) >= 11 is 4.26. The minimum atomic E-state index is -3.97. The van der Waals surface area contributed by atoms with Crippen LogP contribution in [0, 0.1) is 0 Å². The number of nitrogens with zero attached hydrogens (tertiary/aromatic N) is 1. The van der Waals surface area contributed by atoms with Gasteiger partial charge < -0.3 is 18.9 Å². The van der Waals surface area contributed by atoms with Crippen LogP contribution in [0.25, 0.3) is 11.7 Å². The van der Waals surface area contributed by atoms with Crippen molar-refractivity contribution >= 4 is 43.4 Å². The van der Waals surface area contributed by atoms with Crippen LogP contribution in [0.4, 0.5) is 0 Å². The summed E-state index contributed by atoms with van der Waals surface area (Å²) in [5.41, 5.74) is 0. The number of aromatic nitrogens is 1. The normalized spacial score (nSPS) is 16.5. The first-order valence-corrected chi connectivity index (χ1v) is 12.8. The van der Waals surface area contributed by atoms with E-state index in [9.17, 15) is 13.2 Å². The second kappa shape index (κ2) is 9.60. The number of carbonyl (C=O) groups excluding carboxylic acids is 1. The zero-order valence-corrected chi connectivity index (χ0v) is 19.5. The Balaban J connectivity index is 1.55. The maximum absolute atomic E-state index is 13.2. The summed E-state index contributed by atoms with van der Waals surface area (Å²) in [7, 11) is -3.97. The molecule has 1 fully saturated rings. The summed E-state index contributed by atoms with van der Waals surface area (Å²) in [6, 6.07) is 9.47. The van der Waals surface area contributed by atoms with Crippen molar-refractivity contribution in [2.75, 3.05) is 18.9 Å². The molecule has 1 N–H and O–H groups in total. The molecule has 1 atom stereocenters. The van der Waals surface area contributed by atoms with Crippen molar-refractivity contribution in [3.05, 3.63) is 47.1 Å². The Hall–Kier alpha value is -2.08. The summed E-state index contributed by atoms with van der Waals surface area (Å²) in [5, 5.41) is 2.58. The van der Waals surface area contributed by atoms with Gasteiger partial charge >= 0.3 is 0 Å². The highest BCUT2D eigenvalue weighted by atomic mass is 79.9. The third kappa shape index (κ3) is 5.22. The van der Waals surface area contributed by atoms with Crippen molar-refractivity contribution in [2.45, 2.75) is 34.0 Å². The fourth-order valence-corrected chi connectivity index (χ4v) is 5.62. The fourth-order valence-electron chi connectivity index (χ4n) is 3.00. The smallest absolute Gasteiger partial charge is 0.265 e. The lowest BCUT2D eigenvalue weighted by atomic mass is 10.2. The lowest BCUT2D eigenvalue weighted by molar-refractivity contribution is -0.119. The number of sulfone groups is 1. The number of furan rings is 1. The maximum Gasteiger partial charge on any atom is 0.265 e. The zero-order valence-electron chi connectivity index (χ0n) is 16.2. The van der Waals surface area contributed by atoms with Gasteiger partial charge in [0, 0.05) is 17.6 Å². The first-order valence-electron chi connectivity index (χ1n) is 9.50. The van der Waals surface area contributed by atoms with Gasteiger partial charge in [0.25, 0.3) is 5.89 Å². The largest absolute Gasteiger partial charge is 0.459 e. The molecule has 0 radical (unpaired) electrons. The fraction of sp³-hybridized carbons (Fsp3) is 0.300. The van der Waals surface area contributed by atoms with Crippen LogP contribution < -0.4 is 5.32 Å². The molecule has 3 aromatic rings. The summed E-state index contributed by atoms with van der Waals surface area (Å²) in [6.45, 7) is 1.14. The van der Waals surface area contributed by atoms with E-state index in [-0.39, 0.29) is 38.7 Å². The minimum absolute atomic E-state index is 0.0254. The monoisotopic (exact) mass is 526 g/mol. The molecule has 11 heteroatoms. The van der Waals surface area contributed by atoms with E-state index in [2.05, 4.69) is 26.2 Å². The molecule has 164 valence electrons. The molecule has 0 bridgehead atoms. The van der Waals surface area contributed by atoms with Crippen LogP contribution >= 0.6 is 27.7 Å². The summed E-state index contributed by atoms with van der Waals surface area (Å²) < 4.78 is 43.6. The van der Waals surface area contributed by atoms with Gasteiger partial charge in [0.15, 0.2) is 5.76 Å².